The number of hydrogen-bond acceptors (Lipinski definition) is 7. The van der Waals surface area contributed by atoms with Crippen LogP contribution >= 0.6 is 0 Å². The van der Waals surface area contributed by atoms with Crippen LogP contribution in [0.3, 0.4) is 0 Å². The van der Waals surface area contributed by atoms with Gasteiger partial charge in [0.15, 0.2) is 0 Å². The minimum atomic E-state index is -6.93. The summed E-state index contributed by atoms with van der Waals surface area (Å²) in [4.78, 5) is 22.2. The van der Waals surface area contributed by atoms with Gasteiger partial charge < -0.3 is 24.4 Å². The number of allylic oxidation sites excluding steroid dienone is 1. The quantitative estimate of drug-likeness (QED) is 0.0917. The number of carbonyl (C=O) groups excluding carboxylic acids is 2. The zero-order valence-electron chi connectivity index (χ0n) is 23.6. The first kappa shape index (κ1) is 47.9. The Labute approximate surface area is 259 Å². The van der Waals surface area contributed by atoms with Crippen molar-refractivity contribution in [3.05, 3.63) is 24.5 Å². The summed E-state index contributed by atoms with van der Waals surface area (Å²) in [6.45, 7) is 6.35. The minimum absolute atomic E-state index is 0.222. The van der Waals surface area contributed by atoms with Crippen molar-refractivity contribution in [2.24, 2.45) is 0 Å². The Bertz CT molecular complexity index is 1160. The summed E-state index contributed by atoms with van der Waals surface area (Å²) in [5, 5.41) is 17.3. The van der Waals surface area contributed by atoms with E-state index in [0.29, 0.717) is 6.92 Å². The van der Waals surface area contributed by atoms with Crippen LogP contribution in [-0.2, 0) is 23.8 Å². The van der Waals surface area contributed by atoms with Gasteiger partial charge in [-0.1, -0.05) is 13.2 Å². The first-order valence-electron chi connectivity index (χ1n) is 11.7. The lowest BCUT2D eigenvalue weighted by Crippen LogP contribution is -2.70. The highest BCUT2D eigenvalue weighted by molar-refractivity contribution is 5.87. The van der Waals surface area contributed by atoms with Gasteiger partial charge >= 0.3 is 48.5 Å². The van der Waals surface area contributed by atoms with Gasteiger partial charge in [-0.3, -0.25) is 4.79 Å². The molecule has 7 nitrogen and oxygen atoms in total. The summed E-state index contributed by atoms with van der Waals surface area (Å²) >= 11 is 0. The van der Waals surface area contributed by atoms with Crippen molar-refractivity contribution in [3.8, 4) is 0 Å². The van der Waals surface area contributed by atoms with E-state index in [1.807, 2.05) is 0 Å². The molecule has 0 bridgehead atoms. The molecule has 0 saturated carbocycles. The lowest BCUT2D eigenvalue weighted by Gasteiger charge is -2.40. The maximum Gasteiger partial charge on any atom is 0.431 e. The fourth-order valence-electron chi connectivity index (χ4n) is 2.75. The Hall–Kier alpha value is -3.26. The number of hydrogen-bond donors (Lipinski definition) is 2. The lowest BCUT2D eigenvalue weighted by molar-refractivity contribution is -0.402. The van der Waals surface area contributed by atoms with Gasteiger partial charge in [-0.25, -0.2) is 22.4 Å². The van der Waals surface area contributed by atoms with Gasteiger partial charge in [0.1, 0.15) is 6.61 Å². The smallest absolute Gasteiger partial charge is 0.431 e. The molecule has 4 unspecified atom stereocenters. The summed E-state index contributed by atoms with van der Waals surface area (Å²) in [6, 6.07) is 0. The number of alkyl halides is 20. The zero-order valence-corrected chi connectivity index (χ0v) is 23.6. The maximum absolute atomic E-state index is 13.8. The van der Waals surface area contributed by atoms with Crippen LogP contribution in [0.15, 0.2) is 24.5 Å². The van der Waals surface area contributed by atoms with Gasteiger partial charge in [0.05, 0.1) is 12.2 Å². The van der Waals surface area contributed by atoms with E-state index < -0.39 is 104 Å². The molecule has 49 heavy (non-hydrogen) atoms. The Morgan fingerprint density at radius 3 is 1.14 bits per heavy atom. The van der Waals surface area contributed by atoms with Crippen LogP contribution in [0.2, 0.25) is 0 Å². The largest absolute Gasteiger partial charge is 0.480 e. The van der Waals surface area contributed by atoms with E-state index in [2.05, 4.69) is 27.4 Å². The maximum atomic E-state index is 13.8. The van der Waals surface area contributed by atoms with Gasteiger partial charge in [-0.05, 0) is 13.8 Å². The number of ether oxygens (including phenoxy) is 3. The van der Waals surface area contributed by atoms with E-state index in [9.17, 15) is 97.4 Å². The number of halogens is 20. The standard InChI is InChI=1S/C13H12F10O5.C9H8F10O2/c1-5(2)7(25)27-4-3-6(24)28-8(12(18,19)20)11(16,17)10(26,9(14)15)13(21,22)23;1-3(2)21-4(8(14,15)16)7(12,13)6(20,5(10)11)9(17,18)19/h8-9,26H,1,3-4H2,2H3;4-5,20H,1H2,2H3. The van der Waals surface area contributed by atoms with Crippen molar-refractivity contribution in [1.29, 1.82) is 0 Å². The Morgan fingerprint density at radius 2 is 0.918 bits per heavy atom. The molecule has 0 aliphatic rings. The molecule has 0 spiro atoms. The van der Waals surface area contributed by atoms with Gasteiger partial charge in [-0.15, -0.1) is 0 Å². The van der Waals surface area contributed by atoms with E-state index in [-0.39, 0.29) is 5.57 Å². The average molecular weight is 776 g/mol. The molecule has 0 heterocycles. The van der Waals surface area contributed by atoms with Gasteiger partial charge in [0.2, 0.25) is 0 Å². The van der Waals surface area contributed by atoms with Crippen molar-refractivity contribution in [1.82, 2.24) is 0 Å². The Morgan fingerprint density at radius 1 is 0.612 bits per heavy atom. The molecule has 0 saturated heterocycles. The third kappa shape index (κ3) is 10.9. The van der Waals surface area contributed by atoms with Crippen molar-refractivity contribution >= 4 is 11.9 Å². The molecular weight excluding hydrogens is 756 g/mol. The molecule has 0 amide bonds. The summed E-state index contributed by atoms with van der Waals surface area (Å²) < 4.78 is 264. The summed E-state index contributed by atoms with van der Waals surface area (Å²) in [7, 11) is 0. The van der Waals surface area contributed by atoms with Gasteiger partial charge in [0, 0.05) is 5.57 Å². The van der Waals surface area contributed by atoms with Crippen LogP contribution in [0, 0.1) is 0 Å². The first-order valence-corrected chi connectivity index (χ1v) is 11.7. The third-order valence-corrected chi connectivity index (χ3v) is 5.22. The van der Waals surface area contributed by atoms with Crippen LogP contribution in [0.4, 0.5) is 87.8 Å². The SMILES string of the molecule is C=C(C)C(=O)OCCC(=O)OC(C(F)(F)F)C(F)(F)C(O)(C(F)F)C(F)(F)F.C=C(C)OC(C(F)(F)F)C(F)(F)C(O)(C(F)F)C(F)(F)F. The molecule has 0 aromatic carbocycles. The summed E-state index contributed by atoms with van der Waals surface area (Å²) in [5.41, 5.74) is -13.0. The molecule has 0 aliphatic heterocycles. The molecular formula is C22H20F20O7. The second kappa shape index (κ2) is 15.7. The lowest BCUT2D eigenvalue weighted by atomic mass is 9.90. The second-order valence-corrected chi connectivity index (χ2v) is 9.19. The van der Waals surface area contributed by atoms with E-state index in [1.165, 1.54) is 0 Å². The fraction of sp³-hybridized carbons (Fsp3) is 0.727. The third-order valence-electron chi connectivity index (χ3n) is 5.22. The molecule has 0 aliphatic carbocycles. The summed E-state index contributed by atoms with van der Waals surface area (Å²) in [6.07, 6.45) is -48.1. The average Bonchev–Trinajstić information content (AvgIpc) is 2.86. The van der Waals surface area contributed by atoms with E-state index in [1.54, 1.807) is 0 Å². The number of aliphatic hydroxyl groups is 2. The molecule has 4 atom stereocenters. The van der Waals surface area contributed by atoms with Crippen LogP contribution in [0.1, 0.15) is 20.3 Å². The highest BCUT2D eigenvalue weighted by Gasteiger charge is 2.82. The first-order chi connectivity index (χ1) is 21.3. The molecule has 2 N–H and O–H groups in total. The molecule has 0 aromatic heterocycles. The predicted octanol–water partition coefficient (Wildman–Crippen LogP) is 6.83. The van der Waals surface area contributed by atoms with Crippen molar-refractivity contribution in [2.45, 2.75) is 93.1 Å². The second-order valence-electron chi connectivity index (χ2n) is 9.19. The highest BCUT2D eigenvalue weighted by atomic mass is 19.4. The molecule has 27 heteroatoms. The van der Waals surface area contributed by atoms with Crippen molar-refractivity contribution < 1.29 is 122 Å². The predicted molar refractivity (Wildman–Crippen MR) is 116 cm³/mol. The van der Waals surface area contributed by atoms with Crippen LogP contribution in [0.25, 0.3) is 0 Å². The highest BCUT2D eigenvalue weighted by Crippen LogP contribution is 2.52. The zero-order chi connectivity index (χ0) is 40.2. The van der Waals surface area contributed by atoms with Crippen LogP contribution in [-0.4, -0.2) is 102 Å². The van der Waals surface area contributed by atoms with E-state index in [4.69, 9.17) is 10.2 Å². The Balaban J connectivity index is 0. The van der Waals surface area contributed by atoms with Crippen molar-refractivity contribution in [3.63, 3.8) is 0 Å². The number of rotatable bonds is 13. The van der Waals surface area contributed by atoms with Crippen molar-refractivity contribution in [2.75, 3.05) is 6.61 Å². The van der Waals surface area contributed by atoms with E-state index >= 15 is 0 Å². The topological polar surface area (TPSA) is 102 Å². The molecule has 0 fully saturated rings. The summed E-state index contributed by atoms with van der Waals surface area (Å²) in [5.74, 6) is -17.7. The van der Waals surface area contributed by atoms with Crippen LogP contribution < -0.4 is 0 Å². The van der Waals surface area contributed by atoms with Gasteiger partial charge in [0.25, 0.3) is 36.3 Å². The normalized spacial score (nSPS) is 17.2. The monoisotopic (exact) mass is 776 g/mol. The Kier molecular flexibility index (Phi) is 15.4. The fourth-order valence-corrected chi connectivity index (χ4v) is 2.75. The minimum Gasteiger partial charge on any atom is -0.480 e. The van der Waals surface area contributed by atoms with Gasteiger partial charge in [-0.2, -0.15) is 70.2 Å². The number of esters is 2. The van der Waals surface area contributed by atoms with Crippen LogP contribution in [0.5, 0.6) is 0 Å². The molecule has 0 aromatic rings. The van der Waals surface area contributed by atoms with E-state index in [0.717, 1.165) is 6.92 Å². The molecule has 290 valence electrons. The molecule has 0 rings (SSSR count). The molecule has 0 radical (unpaired) electrons. The number of carbonyl (C=O) groups is 2.